The summed E-state index contributed by atoms with van der Waals surface area (Å²) in [6, 6.07) is 3.61. The van der Waals surface area contributed by atoms with Crippen molar-refractivity contribution in [2.75, 3.05) is 30.4 Å². The summed E-state index contributed by atoms with van der Waals surface area (Å²) in [5.41, 5.74) is 0. The Kier molecular flexibility index (Phi) is 3.74. The molecule has 3 rings (SSSR count). The highest BCUT2D eigenvalue weighted by molar-refractivity contribution is 5.94. The summed E-state index contributed by atoms with van der Waals surface area (Å²) >= 11 is 0. The van der Waals surface area contributed by atoms with Gasteiger partial charge in [-0.05, 0) is 30.9 Å². The third-order valence-electron chi connectivity index (χ3n) is 4.09. The number of nitrogens with zero attached hydrogens (tertiary/aromatic N) is 2. The van der Waals surface area contributed by atoms with Crippen molar-refractivity contribution >= 4 is 23.6 Å². The average molecular weight is 306 g/mol. The van der Waals surface area contributed by atoms with Crippen LogP contribution >= 0.6 is 0 Å². The van der Waals surface area contributed by atoms with E-state index in [0.29, 0.717) is 23.9 Å². The summed E-state index contributed by atoms with van der Waals surface area (Å²) in [6.45, 7) is 0.708. The molecule has 0 unspecified atom stereocenters. The molecule has 0 saturated heterocycles. The zero-order chi connectivity index (χ0) is 15.7. The van der Waals surface area contributed by atoms with E-state index in [-0.39, 0.29) is 24.5 Å². The van der Waals surface area contributed by atoms with E-state index in [1.807, 2.05) is 18.0 Å². The Morgan fingerprint density at radius 2 is 2.36 bits per heavy atom. The second kappa shape index (κ2) is 5.70. The van der Waals surface area contributed by atoms with Gasteiger partial charge in [0.2, 0.25) is 0 Å². The zero-order valence-corrected chi connectivity index (χ0v) is 12.2. The molecular weight excluding hydrogens is 288 g/mol. The van der Waals surface area contributed by atoms with Gasteiger partial charge < -0.3 is 25.4 Å². The van der Waals surface area contributed by atoms with Crippen LogP contribution in [0.3, 0.4) is 0 Å². The van der Waals surface area contributed by atoms with Crippen molar-refractivity contribution in [2.24, 2.45) is 5.92 Å². The molecule has 0 spiro atoms. The van der Waals surface area contributed by atoms with Crippen LogP contribution < -0.4 is 20.3 Å². The van der Waals surface area contributed by atoms with E-state index in [4.69, 9.17) is 9.84 Å². The molecular formula is C14H18N4O4. The number of carbonyl (C=O) groups is 2. The molecule has 0 radical (unpaired) electrons. The van der Waals surface area contributed by atoms with Crippen LogP contribution in [0.4, 0.5) is 16.4 Å². The second-order valence-corrected chi connectivity index (χ2v) is 5.63. The second-order valence-electron chi connectivity index (χ2n) is 5.63. The summed E-state index contributed by atoms with van der Waals surface area (Å²) in [5.74, 6) is 1.75. The molecule has 0 bridgehead atoms. The number of hydrogen-bond donors (Lipinski definition) is 3. The van der Waals surface area contributed by atoms with Gasteiger partial charge in [0, 0.05) is 19.6 Å². The van der Waals surface area contributed by atoms with Gasteiger partial charge in [-0.3, -0.25) is 4.79 Å². The van der Waals surface area contributed by atoms with Crippen molar-refractivity contribution in [3.05, 3.63) is 12.1 Å². The number of ether oxygens (including phenoxy) is 1. The van der Waals surface area contributed by atoms with E-state index >= 15 is 0 Å². The predicted molar refractivity (Wildman–Crippen MR) is 79.3 cm³/mol. The number of aromatic nitrogens is 1. The Labute approximate surface area is 127 Å². The van der Waals surface area contributed by atoms with E-state index < -0.39 is 6.09 Å². The molecule has 1 aromatic rings. The number of anilines is 2. The van der Waals surface area contributed by atoms with Crippen LogP contribution in [0, 0.1) is 5.92 Å². The SMILES string of the molecule is CN(C[C@@H]1CC[C@H]1NC(=O)O)c1ccc2c(n1)NC(=O)CO2. The van der Waals surface area contributed by atoms with Crippen LogP contribution in [0.1, 0.15) is 12.8 Å². The van der Waals surface area contributed by atoms with Crippen LogP contribution in [0.25, 0.3) is 0 Å². The summed E-state index contributed by atoms with van der Waals surface area (Å²) in [7, 11) is 1.90. The zero-order valence-electron chi connectivity index (χ0n) is 12.2. The quantitative estimate of drug-likeness (QED) is 0.763. The number of fused-ring (bicyclic) bond motifs is 1. The molecule has 0 aromatic carbocycles. The molecule has 1 saturated carbocycles. The Balaban J connectivity index is 1.65. The lowest BCUT2D eigenvalue weighted by molar-refractivity contribution is -0.118. The van der Waals surface area contributed by atoms with E-state index in [9.17, 15) is 9.59 Å². The minimum atomic E-state index is -0.982. The number of hydrogen-bond acceptors (Lipinski definition) is 5. The van der Waals surface area contributed by atoms with Gasteiger partial charge in [0.05, 0.1) is 0 Å². The smallest absolute Gasteiger partial charge is 0.404 e. The lowest BCUT2D eigenvalue weighted by Crippen LogP contribution is -2.50. The van der Waals surface area contributed by atoms with Gasteiger partial charge in [-0.25, -0.2) is 9.78 Å². The van der Waals surface area contributed by atoms with Crippen molar-refractivity contribution in [2.45, 2.75) is 18.9 Å². The maximum absolute atomic E-state index is 11.3. The molecule has 8 nitrogen and oxygen atoms in total. The lowest BCUT2D eigenvalue weighted by Gasteiger charge is -2.39. The Morgan fingerprint density at radius 1 is 1.55 bits per heavy atom. The number of pyridine rings is 1. The topological polar surface area (TPSA) is 104 Å². The first kappa shape index (κ1) is 14.4. The monoisotopic (exact) mass is 306 g/mol. The molecule has 22 heavy (non-hydrogen) atoms. The van der Waals surface area contributed by atoms with Crippen LogP contribution in [0.5, 0.6) is 5.75 Å². The maximum atomic E-state index is 11.3. The van der Waals surface area contributed by atoms with E-state index in [0.717, 1.165) is 12.8 Å². The number of amides is 2. The molecule has 1 aliphatic carbocycles. The third-order valence-corrected chi connectivity index (χ3v) is 4.09. The molecule has 8 heteroatoms. The number of carbonyl (C=O) groups excluding carboxylic acids is 1. The minimum absolute atomic E-state index is 0.000568. The van der Waals surface area contributed by atoms with Gasteiger partial charge in [0.25, 0.3) is 5.91 Å². The number of nitrogens with one attached hydrogen (secondary N) is 2. The third kappa shape index (κ3) is 2.90. The molecule has 1 aromatic heterocycles. The lowest BCUT2D eigenvalue weighted by atomic mass is 9.79. The highest BCUT2D eigenvalue weighted by atomic mass is 16.5. The number of rotatable bonds is 4. The van der Waals surface area contributed by atoms with Crippen LogP contribution in [-0.2, 0) is 4.79 Å². The largest absolute Gasteiger partial charge is 0.480 e. The molecule has 1 aliphatic heterocycles. The molecule has 3 N–H and O–H groups in total. The Hall–Kier alpha value is -2.51. The summed E-state index contributed by atoms with van der Waals surface area (Å²) in [6.07, 6.45) is 0.871. The van der Waals surface area contributed by atoms with Crippen molar-refractivity contribution in [3.8, 4) is 5.75 Å². The van der Waals surface area contributed by atoms with Crippen LogP contribution in [-0.4, -0.2) is 48.3 Å². The highest BCUT2D eigenvalue weighted by Crippen LogP contribution is 2.31. The fraction of sp³-hybridized carbons (Fsp3) is 0.500. The van der Waals surface area contributed by atoms with Gasteiger partial charge in [-0.1, -0.05) is 0 Å². The van der Waals surface area contributed by atoms with E-state index in [1.165, 1.54) is 0 Å². The van der Waals surface area contributed by atoms with Crippen molar-refractivity contribution in [1.29, 1.82) is 0 Å². The number of carboxylic acid groups (broad SMARTS) is 1. The van der Waals surface area contributed by atoms with E-state index in [1.54, 1.807) is 6.07 Å². The van der Waals surface area contributed by atoms with Gasteiger partial charge in [0.15, 0.2) is 18.2 Å². The molecule has 2 heterocycles. The van der Waals surface area contributed by atoms with Crippen molar-refractivity contribution in [3.63, 3.8) is 0 Å². The molecule has 118 valence electrons. The van der Waals surface area contributed by atoms with E-state index in [2.05, 4.69) is 15.6 Å². The summed E-state index contributed by atoms with van der Waals surface area (Å²) in [5, 5.41) is 14.0. The van der Waals surface area contributed by atoms with Gasteiger partial charge >= 0.3 is 6.09 Å². The first-order valence-corrected chi connectivity index (χ1v) is 7.17. The summed E-state index contributed by atoms with van der Waals surface area (Å²) < 4.78 is 5.28. The molecule has 2 atom stereocenters. The van der Waals surface area contributed by atoms with Crippen molar-refractivity contribution < 1.29 is 19.4 Å². The average Bonchev–Trinajstić information content (AvgIpc) is 2.48. The highest BCUT2D eigenvalue weighted by Gasteiger charge is 2.33. The molecule has 2 aliphatic rings. The van der Waals surface area contributed by atoms with Crippen molar-refractivity contribution in [1.82, 2.24) is 10.3 Å². The summed E-state index contributed by atoms with van der Waals surface area (Å²) in [4.78, 5) is 28.4. The molecule has 1 fully saturated rings. The maximum Gasteiger partial charge on any atom is 0.404 e. The Bertz CT molecular complexity index is 607. The van der Waals surface area contributed by atoms with Gasteiger partial charge in [-0.2, -0.15) is 0 Å². The predicted octanol–water partition coefficient (Wildman–Crippen LogP) is 0.895. The van der Waals surface area contributed by atoms with Gasteiger partial charge in [-0.15, -0.1) is 0 Å². The van der Waals surface area contributed by atoms with Gasteiger partial charge in [0.1, 0.15) is 5.82 Å². The minimum Gasteiger partial charge on any atom is -0.480 e. The first-order valence-electron chi connectivity index (χ1n) is 7.17. The normalized spacial score (nSPS) is 22.7. The molecule has 2 amide bonds. The van der Waals surface area contributed by atoms with Crippen LogP contribution in [0.15, 0.2) is 12.1 Å². The fourth-order valence-corrected chi connectivity index (χ4v) is 2.75. The standard InChI is InChI=1S/C14H18N4O4/c1-18(6-8-2-3-9(8)15-14(20)21)11-5-4-10-13(16-11)17-12(19)7-22-10/h4-5,8-9,15H,2-3,6-7H2,1H3,(H,20,21)(H,16,17,19)/t8-,9+/m0/s1. The Morgan fingerprint density at radius 3 is 3.05 bits per heavy atom. The first-order chi connectivity index (χ1) is 10.5. The fourth-order valence-electron chi connectivity index (χ4n) is 2.75. The van der Waals surface area contributed by atoms with Crippen LogP contribution in [0.2, 0.25) is 0 Å².